The normalized spacial score (nSPS) is 19.6. The van der Waals surface area contributed by atoms with Crippen molar-refractivity contribution >= 4 is 17.9 Å². The SMILES string of the molecule is CCCCCNC(=O)[C@]1(C/C=C/c2ccccc2)N=C(c2ccc(OCCCO)cc2)O[C@@H]1C. The van der Waals surface area contributed by atoms with Gasteiger partial charge in [-0.3, -0.25) is 4.79 Å². The Kier molecular flexibility index (Phi) is 9.71. The van der Waals surface area contributed by atoms with Gasteiger partial charge in [0, 0.05) is 31.6 Å². The van der Waals surface area contributed by atoms with Crippen LogP contribution in [0.25, 0.3) is 6.08 Å². The summed E-state index contributed by atoms with van der Waals surface area (Å²) in [5.74, 6) is 1.08. The fraction of sp³-hybridized carbons (Fsp3) is 0.429. The summed E-state index contributed by atoms with van der Waals surface area (Å²) in [5, 5.41) is 12.0. The van der Waals surface area contributed by atoms with E-state index in [1.807, 2.05) is 73.7 Å². The van der Waals surface area contributed by atoms with E-state index < -0.39 is 11.6 Å². The van der Waals surface area contributed by atoms with E-state index in [0.29, 0.717) is 31.9 Å². The summed E-state index contributed by atoms with van der Waals surface area (Å²) in [6.45, 7) is 5.24. The second-order valence-electron chi connectivity index (χ2n) is 8.53. The number of aliphatic hydroxyl groups is 1. The van der Waals surface area contributed by atoms with E-state index >= 15 is 0 Å². The number of aliphatic hydroxyl groups excluding tert-OH is 1. The highest BCUT2D eigenvalue weighted by molar-refractivity contribution is 6.00. The molecule has 0 saturated carbocycles. The zero-order chi connectivity index (χ0) is 24.2. The van der Waals surface area contributed by atoms with Gasteiger partial charge < -0.3 is 19.9 Å². The number of amides is 1. The van der Waals surface area contributed by atoms with E-state index in [2.05, 4.69) is 12.2 Å². The van der Waals surface area contributed by atoms with E-state index in [1.165, 1.54) is 0 Å². The molecule has 0 aliphatic carbocycles. The molecule has 2 atom stereocenters. The topological polar surface area (TPSA) is 80.2 Å². The molecule has 0 saturated heterocycles. The number of hydrogen-bond acceptors (Lipinski definition) is 5. The number of nitrogens with zero attached hydrogens (tertiary/aromatic N) is 1. The van der Waals surface area contributed by atoms with E-state index in [9.17, 15) is 4.79 Å². The van der Waals surface area contributed by atoms with Crippen molar-refractivity contribution in [1.29, 1.82) is 0 Å². The molecule has 1 amide bonds. The molecule has 1 heterocycles. The van der Waals surface area contributed by atoms with Crippen molar-refractivity contribution in [1.82, 2.24) is 5.32 Å². The van der Waals surface area contributed by atoms with Crippen LogP contribution in [0.4, 0.5) is 0 Å². The molecule has 1 aliphatic heterocycles. The van der Waals surface area contributed by atoms with E-state index in [1.54, 1.807) is 0 Å². The van der Waals surface area contributed by atoms with Gasteiger partial charge in [0.2, 0.25) is 5.90 Å². The molecule has 6 nitrogen and oxygen atoms in total. The van der Waals surface area contributed by atoms with Crippen molar-refractivity contribution in [2.45, 2.75) is 57.6 Å². The molecular formula is C28H36N2O4. The Labute approximate surface area is 202 Å². The molecule has 2 aromatic rings. The Morgan fingerprint density at radius 3 is 2.62 bits per heavy atom. The second kappa shape index (κ2) is 12.9. The Morgan fingerprint density at radius 2 is 1.91 bits per heavy atom. The minimum Gasteiger partial charge on any atom is -0.494 e. The van der Waals surface area contributed by atoms with Gasteiger partial charge in [0.25, 0.3) is 5.91 Å². The number of ether oxygens (including phenoxy) is 2. The Bertz CT molecular complexity index is 956. The number of carbonyl (C=O) groups excluding carboxylic acids is 1. The van der Waals surface area contributed by atoms with Crippen LogP contribution >= 0.6 is 0 Å². The van der Waals surface area contributed by atoms with Crippen LogP contribution in [0.1, 0.15) is 57.1 Å². The largest absolute Gasteiger partial charge is 0.494 e. The van der Waals surface area contributed by atoms with Gasteiger partial charge in [0.15, 0.2) is 5.54 Å². The number of carbonyl (C=O) groups is 1. The van der Waals surface area contributed by atoms with Gasteiger partial charge in [-0.25, -0.2) is 4.99 Å². The smallest absolute Gasteiger partial charge is 0.252 e. The molecule has 0 spiro atoms. The fourth-order valence-corrected chi connectivity index (χ4v) is 3.85. The molecule has 0 unspecified atom stereocenters. The lowest BCUT2D eigenvalue weighted by atomic mass is 9.89. The van der Waals surface area contributed by atoms with Crippen LogP contribution in [0, 0.1) is 0 Å². The quantitative estimate of drug-likeness (QED) is 0.419. The number of nitrogens with one attached hydrogen (secondary N) is 1. The Balaban J connectivity index is 1.80. The summed E-state index contributed by atoms with van der Waals surface area (Å²) in [5.41, 5.74) is 0.853. The molecule has 2 aromatic carbocycles. The lowest BCUT2D eigenvalue weighted by Crippen LogP contribution is -2.50. The summed E-state index contributed by atoms with van der Waals surface area (Å²) in [7, 11) is 0. The summed E-state index contributed by atoms with van der Waals surface area (Å²) in [6, 6.07) is 17.5. The summed E-state index contributed by atoms with van der Waals surface area (Å²) < 4.78 is 11.7. The molecule has 0 aromatic heterocycles. The third-order valence-corrected chi connectivity index (χ3v) is 5.93. The van der Waals surface area contributed by atoms with Gasteiger partial charge in [0.1, 0.15) is 11.9 Å². The minimum atomic E-state index is -1.02. The molecule has 6 heteroatoms. The van der Waals surface area contributed by atoms with E-state index in [4.69, 9.17) is 19.6 Å². The highest BCUT2D eigenvalue weighted by atomic mass is 16.5. The van der Waals surface area contributed by atoms with E-state index in [0.717, 1.165) is 36.1 Å². The monoisotopic (exact) mass is 464 g/mol. The Hall–Kier alpha value is -3.12. The third kappa shape index (κ3) is 6.70. The van der Waals surface area contributed by atoms with Gasteiger partial charge >= 0.3 is 0 Å². The summed E-state index contributed by atoms with van der Waals surface area (Å²) >= 11 is 0. The number of unbranched alkanes of at least 4 members (excludes halogenated alkanes) is 2. The molecule has 34 heavy (non-hydrogen) atoms. The lowest BCUT2D eigenvalue weighted by molar-refractivity contribution is -0.128. The van der Waals surface area contributed by atoms with Gasteiger partial charge in [-0.05, 0) is 43.2 Å². The number of aliphatic imine (C=N–C) groups is 1. The maximum absolute atomic E-state index is 13.4. The number of rotatable bonds is 13. The lowest BCUT2D eigenvalue weighted by Gasteiger charge is -2.27. The average molecular weight is 465 g/mol. The Morgan fingerprint density at radius 1 is 1.15 bits per heavy atom. The number of hydrogen-bond donors (Lipinski definition) is 2. The maximum Gasteiger partial charge on any atom is 0.252 e. The molecule has 182 valence electrons. The first-order chi connectivity index (χ1) is 16.6. The van der Waals surface area contributed by atoms with Crippen LogP contribution in [0.2, 0.25) is 0 Å². The van der Waals surface area contributed by atoms with Crippen LogP contribution < -0.4 is 10.1 Å². The second-order valence-corrected chi connectivity index (χ2v) is 8.53. The average Bonchev–Trinajstić information content (AvgIpc) is 3.20. The predicted molar refractivity (Wildman–Crippen MR) is 136 cm³/mol. The van der Waals surface area contributed by atoms with E-state index in [-0.39, 0.29) is 12.5 Å². The number of benzene rings is 2. The van der Waals surface area contributed by atoms with Crippen molar-refractivity contribution in [3.05, 3.63) is 71.8 Å². The van der Waals surface area contributed by atoms with Crippen LogP contribution in [0.5, 0.6) is 5.75 Å². The minimum absolute atomic E-state index is 0.0991. The first kappa shape index (κ1) is 25.5. The molecule has 2 N–H and O–H groups in total. The van der Waals surface area contributed by atoms with Crippen LogP contribution in [-0.2, 0) is 9.53 Å². The predicted octanol–water partition coefficient (Wildman–Crippen LogP) is 4.76. The summed E-state index contributed by atoms with van der Waals surface area (Å²) in [6.07, 6.45) is 7.76. The van der Waals surface area contributed by atoms with Crippen molar-refractivity contribution in [2.75, 3.05) is 19.8 Å². The van der Waals surface area contributed by atoms with Gasteiger partial charge in [0.05, 0.1) is 6.61 Å². The standard InChI is InChI=1S/C28H36N2O4/c1-3-4-8-19-29-27(32)28(18-9-13-23-11-6-5-7-12-23)22(2)34-26(30-28)24-14-16-25(17-15-24)33-21-10-20-31/h5-7,9,11-17,22,31H,3-4,8,10,18-21H2,1-2H3,(H,29,32)/b13-9+/t22-,28-/m1/s1. The fourth-order valence-electron chi connectivity index (χ4n) is 3.85. The van der Waals surface area contributed by atoms with Crippen molar-refractivity contribution in [3.8, 4) is 5.75 Å². The van der Waals surface area contributed by atoms with Crippen LogP contribution in [0.15, 0.2) is 65.7 Å². The molecular weight excluding hydrogens is 428 g/mol. The molecule has 0 radical (unpaired) electrons. The van der Waals surface area contributed by atoms with Crippen LogP contribution in [-0.4, -0.2) is 48.3 Å². The van der Waals surface area contributed by atoms with Crippen molar-refractivity contribution in [2.24, 2.45) is 4.99 Å². The van der Waals surface area contributed by atoms with Crippen molar-refractivity contribution in [3.63, 3.8) is 0 Å². The first-order valence-electron chi connectivity index (χ1n) is 12.2. The molecule has 3 rings (SSSR count). The molecule has 1 aliphatic rings. The maximum atomic E-state index is 13.4. The highest BCUT2D eigenvalue weighted by Crippen LogP contribution is 2.33. The van der Waals surface area contributed by atoms with Gasteiger partial charge in [-0.15, -0.1) is 0 Å². The highest BCUT2D eigenvalue weighted by Gasteiger charge is 2.49. The molecule has 0 fully saturated rings. The van der Waals surface area contributed by atoms with Crippen LogP contribution in [0.3, 0.4) is 0 Å². The van der Waals surface area contributed by atoms with Gasteiger partial charge in [-0.2, -0.15) is 0 Å². The zero-order valence-corrected chi connectivity index (χ0v) is 20.2. The zero-order valence-electron chi connectivity index (χ0n) is 20.2. The third-order valence-electron chi connectivity index (χ3n) is 5.93. The molecule has 0 bridgehead atoms. The van der Waals surface area contributed by atoms with Gasteiger partial charge in [-0.1, -0.05) is 62.2 Å². The summed E-state index contributed by atoms with van der Waals surface area (Å²) in [4.78, 5) is 18.3. The van der Waals surface area contributed by atoms with Crippen molar-refractivity contribution < 1.29 is 19.4 Å². The first-order valence-corrected chi connectivity index (χ1v) is 12.2.